The van der Waals surface area contributed by atoms with Crippen molar-refractivity contribution in [3.05, 3.63) is 89.5 Å². The lowest BCUT2D eigenvalue weighted by atomic mass is 9.97. The molecule has 0 fully saturated rings. The largest absolute Gasteiger partial charge is 0.508 e. The van der Waals surface area contributed by atoms with Crippen LogP contribution in [0.4, 0.5) is 5.69 Å². The van der Waals surface area contributed by atoms with Crippen LogP contribution in [0.15, 0.2) is 72.8 Å². The summed E-state index contributed by atoms with van der Waals surface area (Å²) < 4.78 is 6.18. The van der Waals surface area contributed by atoms with Crippen LogP contribution in [-0.2, 0) is 6.42 Å². The summed E-state index contributed by atoms with van der Waals surface area (Å²) in [5, 5.41) is 13.9. The maximum atomic E-state index is 10.3. The van der Waals surface area contributed by atoms with E-state index in [0.29, 0.717) is 0 Å². The van der Waals surface area contributed by atoms with Crippen LogP contribution in [0, 0.1) is 0 Å². The predicted octanol–water partition coefficient (Wildman–Crippen LogP) is 5.24. The number of anilines is 1. The van der Waals surface area contributed by atoms with E-state index in [1.807, 2.05) is 36.4 Å². The van der Waals surface area contributed by atoms with Crippen molar-refractivity contribution in [1.29, 1.82) is 0 Å². The van der Waals surface area contributed by atoms with E-state index >= 15 is 0 Å². The summed E-state index contributed by atoms with van der Waals surface area (Å²) in [6.07, 6.45) is 0.750. The molecule has 25 heavy (non-hydrogen) atoms. The number of hydrogen-bond acceptors (Lipinski definition) is 3. The van der Waals surface area contributed by atoms with Gasteiger partial charge in [0, 0.05) is 16.8 Å². The zero-order valence-electron chi connectivity index (χ0n) is 14.1. The van der Waals surface area contributed by atoms with Gasteiger partial charge >= 0.3 is 0 Å². The summed E-state index contributed by atoms with van der Waals surface area (Å²) in [6.45, 7) is 2.15. The van der Waals surface area contributed by atoms with Gasteiger partial charge in [-0.15, -0.1) is 0 Å². The molecule has 2 N–H and O–H groups in total. The Labute approximate surface area is 147 Å². The van der Waals surface area contributed by atoms with Gasteiger partial charge in [-0.3, -0.25) is 0 Å². The fourth-order valence-electron chi connectivity index (χ4n) is 3.35. The molecule has 0 amide bonds. The Balaban J connectivity index is 1.70. The summed E-state index contributed by atoms with van der Waals surface area (Å²) in [7, 11) is 0. The first-order chi connectivity index (χ1) is 12.3. The molecule has 0 saturated heterocycles. The quantitative estimate of drug-likeness (QED) is 0.687. The third-order valence-corrected chi connectivity index (χ3v) is 4.74. The molecule has 0 unspecified atom stereocenters. The van der Waals surface area contributed by atoms with Crippen LogP contribution in [0.1, 0.15) is 35.8 Å². The Morgan fingerprint density at radius 1 is 0.880 bits per heavy atom. The summed E-state index contributed by atoms with van der Waals surface area (Å²) in [6, 6.07) is 23.8. The Morgan fingerprint density at radius 3 is 2.28 bits per heavy atom. The van der Waals surface area contributed by atoms with Gasteiger partial charge in [-0.05, 0) is 36.2 Å². The van der Waals surface area contributed by atoms with Crippen molar-refractivity contribution in [2.75, 3.05) is 5.32 Å². The molecule has 0 radical (unpaired) electrons. The number of phenols is 1. The lowest BCUT2D eigenvalue weighted by Crippen LogP contribution is -2.18. The second-order valence-electron chi connectivity index (χ2n) is 6.31. The molecule has 3 aromatic rings. The van der Waals surface area contributed by atoms with Crippen LogP contribution < -0.4 is 10.1 Å². The van der Waals surface area contributed by atoms with Crippen molar-refractivity contribution in [3.63, 3.8) is 0 Å². The number of fused-ring (bicyclic) bond motifs is 1. The highest BCUT2D eigenvalue weighted by Crippen LogP contribution is 2.47. The number of phenolic OH excluding ortho intramolecular Hbond substituents is 1. The molecule has 0 aliphatic carbocycles. The number of nitrogens with one attached hydrogen (secondary N) is 1. The van der Waals surface area contributed by atoms with E-state index in [1.165, 1.54) is 5.56 Å². The second-order valence-corrected chi connectivity index (χ2v) is 6.31. The van der Waals surface area contributed by atoms with Crippen molar-refractivity contribution in [2.45, 2.75) is 25.5 Å². The van der Waals surface area contributed by atoms with Gasteiger partial charge in [-0.1, -0.05) is 55.5 Å². The van der Waals surface area contributed by atoms with Gasteiger partial charge in [0.05, 0.1) is 6.04 Å². The molecule has 3 heteroatoms. The van der Waals surface area contributed by atoms with E-state index in [1.54, 1.807) is 6.07 Å². The van der Waals surface area contributed by atoms with E-state index < -0.39 is 0 Å². The fourth-order valence-corrected chi connectivity index (χ4v) is 3.35. The van der Waals surface area contributed by atoms with Crippen LogP contribution in [0.5, 0.6) is 11.5 Å². The van der Waals surface area contributed by atoms with Crippen molar-refractivity contribution in [2.24, 2.45) is 0 Å². The average molecular weight is 331 g/mol. The minimum absolute atomic E-state index is 0.0584. The molecular weight excluding hydrogens is 310 g/mol. The molecule has 0 bridgehead atoms. The SMILES string of the molecule is CCc1ccc(N[C@H]2c3ccccc3O[C@@H]2c2ccccc2O)cc1. The monoisotopic (exact) mass is 331 g/mol. The topological polar surface area (TPSA) is 41.5 Å². The van der Waals surface area contributed by atoms with Gasteiger partial charge in [0.25, 0.3) is 0 Å². The van der Waals surface area contributed by atoms with Gasteiger partial charge in [-0.25, -0.2) is 0 Å². The lowest BCUT2D eigenvalue weighted by Gasteiger charge is -2.22. The third kappa shape index (κ3) is 2.93. The highest BCUT2D eigenvalue weighted by atomic mass is 16.5. The molecule has 3 aromatic carbocycles. The zero-order valence-corrected chi connectivity index (χ0v) is 14.1. The van der Waals surface area contributed by atoms with E-state index in [2.05, 4.69) is 42.6 Å². The van der Waals surface area contributed by atoms with Gasteiger partial charge in [0.1, 0.15) is 11.5 Å². The molecule has 4 rings (SSSR count). The van der Waals surface area contributed by atoms with Crippen molar-refractivity contribution in [1.82, 2.24) is 0 Å². The van der Waals surface area contributed by atoms with Gasteiger partial charge in [0.2, 0.25) is 0 Å². The molecule has 1 aliphatic heterocycles. The van der Waals surface area contributed by atoms with Crippen molar-refractivity contribution >= 4 is 5.69 Å². The Morgan fingerprint density at radius 2 is 1.56 bits per heavy atom. The molecule has 3 nitrogen and oxygen atoms in total. The highest BCUT2D eigenvalue weighted by molar-refractivity contribution is 5.53. The number of aromatic hydroxyl groups is 1. The van der Waals surface area contributed by atoms with Crippen molar-refractivity contribution < 1.29 is 9.84 Å². The smallest absolute Gasteiger partial charge is 0.152 e. The molecular formula is C22H21NO2. The summed E-state index contributed by atoms with van der Waals surface area (Å²) in [4.78, 5) is 0. The first-order valence-corrected chi connectivity index (χ1v) is 8.65. The summed E-state index contributed by atoms with van der Waals surface area (Å²) >= 11 is 0. The van der Waals surface area contributed by atoms with Gasteiger partial charge in [0.15, 0.2) is 6.10 Å². The van der Waals surface area contributed by atoms with E-state index in [4.69, 9.17) is 4.74 Å². The predicted molar refractivity (Wildman–Crippen MR) is 100 cm³/mol. The highest BCUT2D eigenvalue weighted by Gasteiger charge is 2.36. The number of para-hydroxylation sites is 2. The Bertz CT molecular complexity index is 873. The number of rotatable bonds is 4. The van der Waals surface area contributed by atoms with E-state index in [9.17, 15) is 5.11 Å². The minimum Gasteiger partial charge on any atom is -0.508 e. The fraction of sp³-hybridized carbons (Fsp3) is 0.182. The maximum absolute atomic E-state index is 10.3. The van der Waals surface area contributed by atoms with E-state index in [0.717, 1.165) is 29.0 Å². The first-order valence-electron chi connectivity index (χ1n) is 8.65. The number of benzene rings is 3. The van der Waals surface area contributed by atoms with Gasteiger partial charge in [-0.2, -0.15) is 0 Å². The zero-order chi connectivity index (χ0) is 17.2. The summed E-state index contributed by atoms with van der Waals surface area (Å²) in [5.41, 5.74) is 4.26. The normalized spacial score (nSPS) is 18.4. The maximum Gasteiger partial charge on any atom is 0.152 e. The molecule has 0 spiro atoms. The number of ether oxygens (including phenoxy) is 1. The molecule has 2 atom stereocenters. The molecule has 1 aliphatic rings. The second kappa shape index (κ2) is 6.52. The van der Waals surface area contributed by atoms with Crippen LogP contribution in [0.2, 0.25) is 0 Å². The van der Waals surface area contributed by atoms with Crippen molar-refractivity contribution in [3.8, 4) is 11.5 Å². The lowest BCUT2D eigenvalue weighted by molar-refractivity contribution is 0.214. The Hall–Kier alpha value is -2.94. The van der Waals surface area contributed by atoms with Gasteiger partial charge < -0.3 is 15.2 Å². The first kappa shape index (κ1) is 15.6. The third-order valence-electron chi connectivity index (χ3n) is 4.74. The van der Waals surface area contributed by atoms with E-state index in [-0.39, 0.29) is 17.9 Å². The van der Waals surface area contributed by atoms with Crippen LogP contribution >= 0.6 is 0 Å². The van der Waals surface area contributed by atoms with Crippen LogP contribution in [-0.4, -0.2) is 5.11 Å². The standard InChI is InChI=1S/C22H21NO2/c1-2-15-11-13-16(14-12-15)23-21-18-8-4-6-10-20(18)25-22(21)17-7-3-5-9-19(17)24/h3-14,21-24H,2H2,1H3/t21-,22+/m0/s1. The molecule has 126 valence electrons. The average Bonchev–Trinajstić information content (AvgIpc) is 3.01. The molecule has 1 heterocycles. The number of hydrogen-bond donors (Lipinski definition) is 2. The summed E-state index contributed by atoms with van der Waals surface area (Å²) in [5.74, 6) is 1.12. The number of aryl methyl sites for hydroxylation is 1. The minimum atomic E-state index is -0.274. The van der Waals surface area contributed by atoms with Crippen LogP contribution in [0.3, 0.4) is 0 Å². The Kier molecular flexibility index (Phi) is 4.06. The van der Waals surface area contributed by atoms with Crippen LogP contribution in [0.25, 0.3) is 0 Å². The molecule has 0 aromatic heterocycles. The molecule has 0 saturated carbocycles.